The maximum absolute atomic E-state index is 12.3. The number of pyridine rings is 1. The summed E-state index contributed by atoms with van der Waals surface area (Å²) in [5.41, 5.74) is -0.0132. The molecule has 0 bridgehead atoms. The molecule has 1 saturated heterocycles. The molecule has 0 aromatic carbocycles. The van der Waals surface area contributed by atoms with E-state index >= 15 is 0 Å². The zero-order chi connectivity index (χ0) is 16.2. The van der Waals surface area contributed by atoms with Gasteiger partial charge in [0.2, 0.25) is 0 Å². The summed E-state index contributed by atoms with van der Waals surface area (Å²) in [6.45, 7) is 4.23. The van der Waals surface area contributed by atoms with Crippen LogP contribution in [0.4, 0.5) is 11.6 Å². The Hall–Kier alpha value is -2.08. The van der Waals surface area contributed by atoms with Crippen LogP contribution in [0.15, 0.2) is 35.5 Å². The first-order valence-corrected chi connectivity index (χ1v) is 8.23. The van der Waals surface area contributed by atoms with Gasteiger partial charge in [-0.2, -0.15) is 0 Å². The van der Waals surface area contributed by atoms with Crippen molar-refractivity contribution in [3.63, 3.8) is 0 Å². The molecule has 0 amide bonds. The number of nitrogens with zero attached hydrogens (tertiary/aromatic N) is 4. The largest absolute Gasteiger partial charge is 0.367 e. The van der Waals surface area contributed by atoms with E-state index in [1.807, 2.05) is 19.1 Å². The van der Waals surface area contributed by atoms with Gasteiger partial charge >= 0.3 is 0 Å². The molecule has 2 aromatic heterocycles. The van der Waals surface area contributed by atoms with Crippen molar-refractivity contribution in [2.45, 2.75) is 32.4 Å². The van der Waals surface area contributed by atoms with E-state index in [1.165, 1.54) is 0 Å². The Kier molecular flexibility index (Phi) is 4.81. The first-order chi connectivity index (χ1) is 11.2. The number of aromatic nitrogens is 3. The van der Waals surface area contributed by atoms with Gasteiger partial charge in [0.1, 0.15) is 5.82 Å². The van der Waals surface area contributed by atoms with Gasteiger partial charge in [-0.25, -0.2) is 9.97 Å². The molecule has 0 radical (unpaired) electrons. The van der Waals surface area contributed by atoms with Crippen LogP contribution in [0, 0.1) is 0 Å². The highest BCUT2D eigenvalue weighted by Gasteiger charge is 2.22. The van der Waals surface area contributed by atoms with Crippen LogP contribution in [0.3, 0.4) is 0 Å². The quantitative estimate of drug-likeness (QED) is 0.930. The number of anilines is 2. The van der Waals surface area contributed by atoms with Crippen LogP contribution in [-0.4, -0.2) is 33.7 Å². The molecular formula is C16H20ClN5O. The van der Waals surface area contributed by atoms with E-state index in [1.54, 1.807) is 23.2 Å². The van der Waals surface area contributed by atoms with Crippen molar-refractivity contribution >= 4 is 23.2 Å². The zero-order valence-electron chi connectivity index (χ0n) is 13.1. The lowest BCUT2D eigenvalue weighted by Crippen LogP contribution is -2.42. The second-order valence-electron chi connectivity index (χ2n) is 5.61. The Morgan fingerprint density at radius 2 is 2.09 bits per heavy atom. The number of aryl methyl sites for hydroxylation is 1. The van der Waals surface area contributed by atoms with Crippen molar-refractivity contribution in [2.24, 2.45) is 0 Å². The van der Waals surface area contributed by atoms with Gasteiger partial charge in [0, 0.05) is 44.3 Å². The van der Waals surface area contributed by atoms with E-state index in [0.717, 1.165) is 31.7 Å². The topological polar surface area (TPSA) is 63.1 Å². The fourth-order valence-corrected chi connectivity index (χ4v) is 2.92. The maximum atomic E-state index is 12.3. The number of hydrogen-bond acceptors (Lipinski definition) is 5. The van der Waals surface area contributed by atoms with Crippen LogP contribution in [0.5, 0.6) is 0 Å². The molecule has 1 fully saturated rings. The predicted octanol–water partition coefficient (Wildman–Crippen LogP) is 2.39. The first kappa shape index (κ1) is 15.8. The minimum atomic E-state index is -0.0132. The minimum absolute atomic E-state index is 0.0132. The van der Waals surface area contributed by atoms with Gasteiger partial charge in [-0.05, 0) is 31.9 Å². The van der Waals surface area contributed by atoms with Crippen LogP contribution >= 0.6 is 11.6 Å². The summed E-state index contributed by atoms with van der Waals surface area (Å²) in [4.78, 5) is 22.9. The van der Waals surface area contributed by atoms with Gasteiger partial charge in [0.05, 0.1) is 5.02 Å². The summed E-state index contributed by atoms with van der Waals surface area (Å²) in [6, 6.07) is 4.05. The third-order valence-corrected chi connectivity index (χ3v) is 4.33. The van der Waals surface area contributed by atoms with Gasteiger partial charge in [0.25, 0.3) is 5.56 Å². The second kappa shape index (κ2) is 7.00. The van der Waals surface area contributed by atoms with Gasteiger partial charge in [0.15, 0.2) is 5.82 Å². The van der Waals surface area contributed by atoms with E-state index in [2.05, 4.69) is 20.2 Å². The molecule has 6 nitrogen and oxygen atoms in total. The molecule has 1 N–H and O–H groups in total. The van der Waals surface area contributed by atoms with E-state index in [9.17, 15) is 4.79 Å². The van der Waals surface area contributed by atoms with Crippen molar-refractivity contribution in [2.75, 3.05) is 23.3 Å². The van der Waals surface area contributed by atoms with Crippen molar-refractivity contribution in [1.29, 1.82) is 0 Å². The molecule has 2 aromatic rings. The monoisotopic (exact) mass is 333 g/mol. The molecule has 0 unspecified atom stereocenters. The molecular weight excluding hydrogens is 314 g/mol. The third-order valence-electron chi connectivity index (χ3n) is 4.11. The molecule has 7 heteroatoms. The van der Waals surface area contributed by atoms with E-state index in [4.69, 9.17) is 11.6 Å². The second-order valence-corrected chi connectivity index (χ2v) is 6.05. The molecule has 0 spiro atoms. The number of halogens is 1. The zero-order valence-corrected chi connectivity index (χ0v) is 13.8. The number of rotatable bonds is 4. The van der Waals surface area contributed by atoms with Crippen molar-refractivity contribution in [3.8, 4) is 0 Å². The Bertz CT molecular complexity index is 707. The normalized spacial score (nSPS) is 15.7. The number of piperidine rings is 1. The van der Waals surface area contributed by atoms with E-state index in [-0.39, 0.29) is 5.56 Å². The summed E-state index contributed by atoms with van der Waals surface area (Å²) >= 11 is 5.85. The predicted molar refractivity (Wildman–Crippen MR) is 92.3 cm³/mol. The molecule has 3 heterocycles. The third kappa shape index (κ3) is 3.64. The lowest BCUT2D eigenvalue weighted by Gasteiger charge is -2.33. The Morgan fingerprint density at radius 1 is 1.30 bits per heavy atom. The maximum Gasteiger partial charge on any atom is 0.293 e. The average Bonchev–Trinajstić information content (AvgIpc) is 2.58. The van der Waals surface area contributed by atoms with Crippen molar-refractivity contribution < 1.29 is 0 Å². The van der Waals surface area contributed by atoms with E-state index < -0.39 is 0 Å². The lowest BCUT2D eigenvalue weighted by molar-refractivity contribution is 0.518. The summed E-state index contributed by atoms with van der Waals surface area (Å²) in [6.07, 6.45) is 6.94. The molecule has 3 rings (SSSR count). The average molecular weight is 334 g/mol. The molecule has 0 saturated carbocycles. The minimum Gasteiger partial charge on any atom is -0.367 e. The van der Waals surface area contributed by atoms with E-state index in [0.29, 0.717) is 23.4 Å². The molecule has 0 atom stereocenters. The smallest absolute Gasteiger partial charge is 0.293 e. The van der Waals surface area contributed by atoms with Gasteiger partial charge in [-0.1, -0.05) is 11.6 Å². The van der Waals surface area contributed by atoms with Crippen LogP contribution < -0.4 is 15.8 Å². The van der Waals surface area contributed by atoms with Crippen LogP contribution in [0.25, 0.3) is 0 Å². The van der Waals surface area contributed by atoms with Crippen LogP contribution in [0.2, 0.25) is 5.02 Å². The summed E-state index contributed by atoms with van der Waals surface area (Å²) < 4.78 is 1.68. The van der Waals surface area contributed by atoms with Gasteiger partial charge in [-0.15, -0.1) is 0 Å². The van der Waals surface area contributed by atoms with Crippen LogP contribution in [0.1, 0.15) is 19.8 Å². The van der Waals surface area contributed by atoms with Gasteiger partial charge < -0.3 is 14.8 Å². The molecule has 0 aliphatic carbocycles. The highest BCUT2D eigenvalue weighted by atomic mass is 35.5. The fourth-order valence-electron chi connectivity index (χ4n) is 2.81. The number of hydrogen-bond donors (Lipinski definition) is 1. The SMILES string of the molecule is CCn1ccnc(N2CCC(Nc3ccc(Cl)cn3)CC2)c1=O. The first-order valence-electron chi connectivity index (χ1n) is 7.86. The fraction of sp³-hybridized carbons (Fsp3) is 0.438. The molecule has 23 heavy (non-hydrogen) atoms. The summed E-state index contributed by atoms with van der Waals surface area (Å²) in [7, 11) is 0. The summed E-state index contributed by atoms with van der Waals surface area (Å²) in [5, 5.41) is 4.05. The number of nitrogens with one attached hydrogen (secondary N) is 1. The van der Waals surface area contributed by atoms with Crippen molar-refractivity contribution in [3.05, 3.63) is 46.1 Å². The molecule has 1 aliphatic rings. The standard InChI is InChI=1S/C16H20ClN5O/c1-2-21-10-7-18-15(16(21)23)22-8-5-13(6-9-22)20-14-4-3-12(17)11-19-14/h3-4,7,10-11,13H,2,5-6,8-9H2,1H3,(H,19,20). The molecule has 122 valence electrons. The Morgan fingerprint density at radius 3 is 2.74 bits per heavy atom. The highest BCUT2D eigenvalue weighted by Crippen LogP contribution is 2.18. The van der Waals surface area contributed by atoms with Gasteiger partial charge in [-0.3, -0.25) is 4.79 Å². The Labute approximate surface area is 140 Å². The Balaban J connectivity index is 1.62. The lowest BCUT2D eigenvalue weighted by atomic mass is 10.1. The van der Waals surface area contributed by atoms with Crippen molar-refractivity contribution in [1.82, 2.24) is 14.5 Å². The molecule has 1 aliphatic heterocycles. The summed E-state index contributed by atoms with van der Waals surface area (Å²) in [5.74, 6) is 1.39. The van der Waals surface area contributed by atoms with Crippen LogP contribution in [-0.2, 0) is 6.54 Å². The highest BCUT2D eigenvalue weighted by molar-refractivity contribution is 6.30.